The molecule has 1 saturated heterocycles. The highest BCUT2D eigenvalue weighted by atomic mass is 32.2. The molecule has 1 aliphatic rings. The molecule has 0 N–H and O–H groups in total. The van der Waals surface area contributed by atoms with Crippen LogP contribution in [-0.4, -0.2) is 65.5 Å². The van der Waals surface area contributed by atoms with E-state index in [0.717, 1.165) is 50.5 Å². The van der Waals surface area contributed by atoms with E-state index in [2.05, 4.69) is 28.9 Å². The molecule has 0 spiro atoms. The molecular weight excluding hydrogens is 400 g/mol. The Kier molecular flexibility index (Phi) is 7.61. The van der Waals surface area contributed by atoms with Gasteiger partial charge in [-0.25, -0.2) is 8.42 Å². The van der Waals surface area contributed by atoms with Gasteiger partial charge in [0.05, 0.1) is 24.3 Å². The van der Waals surface area contributed by atoms with Crippen LogP contribution in [0.25, 0.3) is 0 Å². The highest BCUT2D eigenvalue weighted by Crippen LogP contribution is 2.29. The highest BCUT2D eigenvalue weighted by Gasteiger charge is 2.22. The van der Waals surface area contributed by atoms with Gasteiger partial charge >= 0.3 is 0 Å². The van der Waals surface area contributed by atoms with E-state index in [1.165, 1.54) is 6.26 Å². The van der Waals surface area contributed by atoms with E-state index in [9.17, 15) is 8.42 Å². The third kappa shape index (κ3) is 5.89. The number of anilines is 1. The summed E-state index contributed by atoms with van der Waals surface area (Å²) in [7, 11) is -1.45. The molecule has 1 heterocycles. The molecule has 0 radical (unpaired) electrons. The SMILES string of the molecule is COc1ccccc1N1CC[C@H](C)N(CCCOc2ccc(S(C)(=O)=O)cc2)CC1. The van der Waals surface area contributed by atoms with Gasteiger partial charge in [-0.05, 0) is 56.2 Å². The average Bonchev–Trinajstić information content (AvgIpc) is 2.92. The molecule has 3 rings (SSSR count). The standard InChI is InChI=1S/C23H32N2O4S/c1-19-13-15-25(22-7-4-5-8-23(22)28-2)17-16-24(19)14-6-18-29-20-9-11-21(12-10-20)30(3,26)27/h4-5,7-12,19H,6,13-18H2,1-3H3/t19-/m0/s1. The monoisotopic (exact) mass is 432 g/mol. The average molecular weight is 433 g/mol. The van der Waals surface area contributed by atoms with E-state index in [1.807, 2.05) is 12.1 Å². The Morgan fingerprint density at radius 2 is 1.77 bits per heavy atom. The minimum atomic E-state index is -3.17. The number of sulfone groups is 1. The summed E-state index contributed by atoms with van der Waals surface area (Å²) in [5.74, 6) is 1.63. The van der Waals surface area contributed by atoms with Crippen molar-refractivity contribution in [2.45, 2.75) is 30.7 Å². The molecule has 0 aliphatic carbocycles. The van der Waals surface area contributed by atoms with Gasteiger partial charge in [0.2, 0.25) is 0 Å². The van der Waals surface area contributed by atoms with Gasteiger partial charge in [-0.2, -0.15) is 0 Å². The van der Waals surface area contributed by atoms with Gasteiger partial charge in [0.25, 0.3) is 0 Å². The smallest absolute Gasteiger partial charge is 0.175 e. The molecule has 1 atom stereocenters. The van der Waals surface area contributed by atoms with Crippen LogP contribution in [0, 0.1) is 0 Å². The molecule has 2 aromatic rings. The summed E-state index contributed by atoms with van der Waals surface area (Å²) in [4.78, 5) is 5.24. The molecule has 30 heavy (non-hydrogen) atoms. The van der Waals surface area contributed by atoms with Crippen molar-refractivity contribution < 1.29 is 17.9 Å². The quantitative estimate of drug-likeness (QED) is 0.596. The van der Waals surface area contributed by atoms with Crippen molar-refractivity contribution >= 4 is 15.5 Å². The third-order valence-corrected chi connectivity index (χ3v) is 6.76. The van der Waals surface area contributed by atoms with Crippen molar-refractivity contribution in [1.29, 1.82) is 0 Å². The first-order chi connectivity index (χ1) is 14.4. The zero-order valence-electron chi connectivity index (χ0n) is 18.1. The number of benzene rings is 2. The number of hydrogen-bond donors (Lipinski definition) is 0. The first-order valence-corrected chi connectivity index (χ1v) is 12.3. The fourth-order valence-electron chi connectivity index (χ4n) is 3.81. The summed E-state index contributed by atoms with van der Waals surface area (Å²) in [6.45, 7) is 6.86. The van der Waals surface area contributed by atoms with E-state index < -0.39 is 9.84 Å². The molecule has 7 heteroatoms. The number of para-hydroxylation sites is 2. The van der Waals surface area contributed by atoms with E-state index in [4.69, 9.17) is 9.47 Å². The van der Waals surface area contributed by atoms with E-state index >= 15 is 0 Å². The Morgan fingerprint density at radius 1 is 1.03 bits per heavy atom. The van der Waals surface area contributed by atoms with Crippen molar-refractivity contribution in [1.82, 2.24) is 4.90 Å². The topological polar surface area (TPSA) is 59.1 Å². The number of rotatable bonds is 8. The molecule has 2 aromatic carbocycles. The van der Waals surface area contributed by atoms with Crippen LogP contribution in [0.2, 0.25) is 0 Å². The van der Waals surface area contributed by atoms with Gasteiger partial charge in [-0.3, -0.25) is 4.90 Å². The van der Waals surface area contributed by atoms with Crippen molar-refractivity contribution in [3.63, 3.8) is 0 Å². The van der Waals surface area contributed by atoms with Crippen LogP contribution in [0.4, 0.5) is 5.69 Å². The molecule has 164 valence electrons. The number of methoxy groups -OCH3 is 1. The lowest BCUT2D eigenvalue weighted by molar-refractivity contribution is 0.197. The number of hydrogen-bond acceptors (Lipinski definition) is 6. The van der Waals surface area contributed by atoms with Crippen LogP contribution in [-0.2, 0) is 9.84 Å². The summed E-state index contributed by atoms with van der Waals surface area (Å²) in [6, 6.07) is 15.3. The Labute approximate surface area is 180 Å². The fourth-order valence-corrected chi connectivity index (χ4v) is 4.44. The highest BCUT2D eigenvalue weighted by molar-refractivity contribution is 7.90. The van der Waals surface area contributed by atoms with Gasteiger partial charge in [-0.1, -0.05) is 12.1 Å². The largest absolute Gasteiger partial charge is 0.495 e. The Morgan fingerprint density at radius 3 is 2.47 bits per heavy atom. The van der Waals surface area contributed by atoms with E-state index in [-0.39, 0.29) is 0 Å². The van der Waals surface area contributed by atoms with Gasteiger partial charge < -0.3 is 14.4 Å². The summed E-state index contributed by atoms with van der Waals surface area (Å²) >= 11 is 0. The van der Waals surface area contributed by atoms with E-state index in [1.54, 1.807) is 31.4 Å². The molecule has 0 bridgehead atoms. The lowest BCUT2D eigenvalue weighted by atomic mass is 10.2. The maximum Gasteiger partial charge on any atom is 0.175 e. The predicted molar refractivity (Wildman–Crippen MR) is 121 cm³/mol. The predicted octanol–water partition coefficient (Wildman–Crippen LogP) is 3.47. The van der Waals surface area contributed by atoms with Crippen LogP contribution in [0.15, 0.2) is 53.4 Å². The van der Waals surface area contributed by atoms with Crippen molar-refractivity contribution in [3.8, 4) is 11.5 Å². The molecule has 0 aromatic heterocycles. The van der Waals surface area contributed by atoms with Gasteiger partial charge in [0.1, 0.15) is 11.5 Å². The van der Waals surface area contributed by atoms with E-state index in [0.29, 0.717) is 23.3 Å². The Bertz CT molecular complexity index is 915. The Balaban J connectivity index is 1.48. The molecule has 1 aliphatic heterocycles. The number of ether oxygens (including phenoxy) is 2. The van der Waals surface area contributed by atoms with Crippen molar-refractivity contribution in [2.75, 3.05) is 51.1 Å². The van der Waals surface area contributed by atoms with Crippen LogP contribution >= 0.6 is 0 Å². The normalized spacial score (nSPS) is 18.1. The van der Waals surface area contributed by atoms with Gasteiger partial charge in [0.15, 0.2) is 9.84 Å². The van der Waals surface area contributed by atoms with Crippen LogP contribution in [0.3, 0.4) is 0 Å². The summed E-state index contributed by atoms with van der Waals surface area (Å²) in [5.41, 5.74) is 1.16. The zero-order valence-corrected chi connectivity index (χ0v) is 18.9. The minimum Gasteiger partial charge on any atom is -0.495 e. The summed E-state index contributed by atoms with van der Waals surface area (Å²) in [6.07, 6.45) is 3.24. The van der Waals surface area contributed by atoms with Crippen LogP contribution in [0.5, 0.6) is 11.5 Å². The molecule has 0 saturated carbocycles. The molecule has 0 amide bonds. The second-order valence-corrected chi connectivity index (χ2v) is 9.79. The summed E-state index contributed by atoms with van der Waals surface area (Å²) in [5, 5.41) is 0. The molecular formula is C23H32N2O4S. The second-order valence-electron chi connectivity index (χ2n) is 7.78. The van der Waals surface area contributed by atoms with Gasteiger partial charge in [-0.15, -0.1) is 0 Å². The number of nitrogens with zero attached hydrogens (tertiary/aromatic N) is 2. The first-order valence-electron chi connectivity index (χ1n) is 10.4. The Hall–Kier alpha value is -2.25. The maximum absolute atomic E-state index is 11.5. The zero-order chi connectivity index (χ0) is 21.6. The maximum atomic E-state index is 11.5. The van der Waals surface area contributed by atoms with Crippen molar-refractivity contribution in [3.05, 3.63) is 48.5 Å². The lowest BCUT2D eigenvalue weighted by Gasteiger charge is -2.26. The molecule has 6 nitrogen and oxygen atoms in total. The fraction of sp³-hybridized carbons (Fsp3) is 0.478. The minimum absolute atomic E-state index is 0.313. The van der Waals surface area contributed by atoms with Crippen LogP contribution in [0.1, 0.15) is 19.8 Å². The molecule has 1 fully saturated rings. The first kappa shape index (κ1) is 22.4. The van der Waals surface area contributed by atoms with Crippen LogP contribution < -0.4 is 14.4 Å². The second kappa shape index (κ2) is 10.2. The van der Waals surface area contributed by atoms with Gasteiger partial charge in [0, 0.05) is 38.5 Å². The summed E-state index contributed by atoms with van der Waals surface area (Å²) < 4.78 is 34.4. The molecule has 0 unspecified atom stereocenters. The van der Waals surface area contributed by atoms with Crippen molar-refractivity contribution in [2.24, 2.45) is 0 Å². The third-order valence-electron chi connectivity index (χ3n) is 5.63. The lowest BCUT2D eigenvalue weighted by Crippen LogP contribution is -2.36.